The maximum atomic E-state index is 5.95. The number of ether oxygens (including phenoxy) is 4. The molecular formula is C18H21NO4S. The van der Waals surface area contributed by atoms with E-state index in [1.807, 2.05) is 43.5 Å². The van der Waals surface area contributed by atoms with Gasteiger partial charge in [0.15, 0.2) is 17.3 Å². The summed E-state index contributed by atoms with van der Waals surface area (Å²) in [6, 6.07) is 11.5. The summed E-state index contributed by atoms with van der Waals surface area (Å²) in [5.41, 5.74) is 1.19. The summed E-state index contributed by atoms with van der Waals surface area (Å²) in [5.74, 6) is 2.27. The summed E-state index contributed by atoms with van der Waals surface area (Å²) < 4.78 is 22.9. The molecule has 1 aliphatic rings. The van der Waals surface area contributed by atoms with Crippen molar-refractivity contribution < 1.29 is 18.9 Å². The number of para-hydroxylation sites is 2. The van der Waals surface area contributed by atoms with Gasteiger partial charge >= 0.3 is 0 Å². The van der Waals surface area contributed by atoms with E-state index in [9.17, 15) is 0 Å². The van der Waals surface area contributed by atoms with Crippen LogP contribution in [0.3, 0.4) is 0 Å². The molecule has 0 radical (unpaired) electrons. The number of nitrogens with zero attached hydrogens (tertiary/aromatic N) is 1. The first-order valence-corrected chi connectivity index (χ1v) is 8.92. The summed E-state index contributed by atoms with van der Waals surface area (Å²) >= 11 is 1.75. The lowest BCUT2D eigenvalue weighted by molar-refractivity contribution is -0.164. The lowest BCUT2D eigenvalue weighted by atomic mass is 10.3. The fourth-order valence-electron chi connectivity index (χ4n) is 2.42. The van der Waals surface area contributed by atoms with Gasteiger partial charge in [-0.1, -0.05) is 18.2 Å². The molecule has 1 aromatic heterocycles. The summed E-state index contributed by atoms with van der Waals surface area (Å²) in [7, 11) is 1.62. The molecule has 24 heavy (non-hydrogen) atoms. The van der Waals surface area contributed by atoms with E-state index in [-0.39, 0.29) is 0 Å². The zero-order valence-corrected chi connectivity index (χ0v) is 14.6. The second-order valence-corrected chi connectivity index (χ2v) is 6.60. The molecule has 5 nitrogen and oxygen atoms in total. The maximum absolute atomic E-state index is 5.95. The summed E-state index contributed by atoms with van der Waals surface area (Å²) in [6.07, 6.45) is 3.21. The second-order valence-electron chi connectivity index (χ2n) is 5.62. The van der Waals surface area contributed by atoms with Gasteiger partial charge in [0.25, 0.3) is 0 Å². The van der Waals surface area contributed by atoms with Crippen molar-refractivity contribution >= 4 is 11.8 Å². The molecule has 2 atom stereocenters. The predicted octanol–water partition coefficient (Wildman–Crippen LogP) is 3.49. The third-order valence-corrected chi connectivity index (χ3v) is 4.85. The van der Waals surface area contributed by atoms with Gasteiger partial charge in [-0.15, -0.1) is 0 Å². The first kappa shape index (κ1) is 17.1. The fourth-order valence-corrected chi connectivity index (χ4v) is 3.45. The molecule has 1 saturated heterocycles. The van der Waals surface area contributed by atoms with E-state index in [0.29, 0.717) is 23.9 Å². The molecule has 1 aromatic carbocycles. The first-order chi connectivity index (χ1) is 11.7. The van der Waals surface area contributed by atoms with Crippen molar-refractivity contribution in [2.75, 3.05) is 19.5 Å². The van der Waals surface area contributed by atoms with Crippen molar-refractivity contribution in [3.63, 3.8) is 0 Å². The van der Waals surface area contributed by atoms with Crippen LogP contribution in [0.5, 0.6) is 11.5 Å². The van der Waals surface area contributed by atoms with Gasteiger partial charge in [-0.05, 0) is 30.7 Å². The van der Waals surface area contributed by atoms with Crippen molar-refractivity contribution in [2.45, 2.75) is 24.8 Å². The number of aromatic nitrogens is 1. The number of pyridine rings is 1. The van der Waals surface area contributed by atoms with Gasteiger partial charge < -0.3 is 18.9 Å². The molecule has 2 unspecified atom stereocenters. The minimum absolute atomic E-state index is 0.391. The minimum Gasteiger partial charge on any atom is -0.493 e. The van der Waals surface area contributed by atoms with Gasteiger partial charge in [-0.25, -0.2) is 0 Å². The number of thioether (sulfide) groups is 1. The van der Waals surface area contributed by atoms with E-state index in [1.54, 1.807) is 25.1 Å². The van der Waals surface area contributed by atoms with Crippen molar-refractivity contribution in [3.8, 4) is 11.5 Å². The number of benzene rings is 1. The van der Waals surface area contributed by atoms with Gasteiger partial charge in [-0.2, -0.15) is 11.8 Å². The van der Waals surface area contributed by atoms with E-state index in [1.165, 1.54) is 5.56 Å². The zero-order valence-electron chi connectivity index (χ0n) is 13.8. The Balaban J connectivity index is 1.50. The molecule has 1 aliphatic heterocycles. The molecule has 1 fully saturated rings. The monoisotopic (exact) mass is 347 g/mol. The molecule has 0 spiro atoms. The van der Waals surface area contributed by atoms with E-state index >= 15 is 0 Å². The molecule has 0 bridgehead atoms. The highest BCUT2D eigenvalue weighted by atomic mass is 32.2. The van der Waals surface area contributed by atoms with Crippen LogP contribution in [0.1, 0.15) is 12.5 Å². The highest BCUT2D eigenvalue weighted by Crippen LogP contribution is 2.32. The summed E-state index contributed by atoms with van der Waals surface area (Å²) in [6.45, 7) is 2.33. The molecule has 128 valence electrons. The summed E-state index contributed by atoms with van der Waals surface area (Å²) in [5, 5.41) is 0. The largest absolute Gasteiger partial charge is 0.493 e. The topological polar surface area (TPSA) is 49.8 Å². The minimum atomic E-state index is -0.653. The van der Waals surface area contributed by atoms with Crippen LogP contribution in [0.15, 0.2) is 48.8 Å². The molecular weight excluding hydrogens is 326 g/mol. The van der Waals surface area contributed by atoms with E-state index in [0.717, 1.165) is 5.75 Å². The van der Waals surface area contributed by atoms with Crippen LogP contribution in [-0.4, -0.2) is 36.5 Å². The highest BCUT2D eigenvalue weighted by Gasteiger charge is 2.38. The smallest absolute Gasteiger partial charge is 0.226 e. The third-order valence-electron chi connectivity index (χ3n) is 3.59. The van der Waals surface area contributed by atoms with Crippen molar-refractivity contribution in [1.82, 2.24) is 4.98 Å². The molecule has 2 aromatic rings. The molecule has 0 N–H and O–H groups in total. The lowest BCUT2D eigenvalue weighted by Gasteiger charge is -2.23. The van der Waals surface area contributed by atoms with Gasteiger partial charge in [0, 0.05) is 23.9 Å². The Bertz CT molecular complexity index is 654. The van der Waals surface area contributed by atoms with Crippen LogP contribution in [-0.2, 0) is 15.2 Å². The SMILES string of the molecule is COc1ccccc1OC1COC(C)(CSCc2cccnc2)O1. The predicted molar refractivity (Wildman–Crippen MR) is 93.3 cm³/mol. The molecule has 0 amide bonds. The third kappa shape index (κ3) is 4.41. The van der Waals surface area contributed by atoms with E-state index < -0.39 is 12.1 Å². The first-order valence-electron chi connectivity index (χ1n) is 7.77. The van der Waals surface area contributed by atoms with Crippen LogP contribution in [0, 0.1) is 0 Å². The Morgan fingerprint density at radius 1 is 1.25 bits per heavy atom. The fraction of sp³-hybridized carbons (Fsp3) is 0.389. The number of hydrogen-bond acceptors (Lipinski definition) is 6. The summed E-state index contributed by atoms with van der Waals surface area (Å²) in [4.78, 5) is 4.12. The zero-order chi connectivity index (χ0) is 16.8. The van der Waals surface area contributed by atoms with Crippen molar-refractivity contribution in [3.05, 3.63) is 54.4 Å². The van der Waals surface area contributed by atoms with Gasteiger partial charge in [0.05, 0.1) is 7.11 Å². The number of hydrogen-bond donors (Lipinski definition) is 0. The van der Waals surface area contributed by atoms with Crippen LogP contribution >= 0.6 is 11.8 Å². The molecule has 3 rings (SSSR count). The average molecular weight is 347 g/mol. The normalized spacial score (nSPS) is 23.2. The van der Waals surface area contributed by atoms with Gasteiger partial charge in [0.1, 0.15) is 6.61 Å². The molecule has 6 heteroatoms. The van der Waals surface area contributed by atoms with Crippen LogP contribution in [0.4, 0.5) is 0 Å². The van der Waals surface area contributed by atoms with Crippen LogP contribution in [0.2, 0.25) is 0 Å². The van der Waals surface area contributed by atoms with Crippen LogP contribution < -0.4 is 9.47 Å². The molecule has 0 aliphatic carbocycles. The van der Waals surface area contributed by atoms with E-state index in [4.69, 9.17) is 18.9 Å². The Morgan fingerprint density at radius 2 is 2.08 bits per heavy atom. The Labute approximate surface area is 146 Å². The standard InChI is InChI=1S/C18H21NO4S/c1-18(13-24-12-14-6-5-9-19-10-14)21-11-17(23-18)22-16-8-4-3-7-15(16)20-2/h3-10,17H,11-13H2,1-2H3. The Hall–Kier alpha value is -1.76. The second kappa shape index (κ2) is 7.88. The Kier molecular flexibility index (Phi) is 5.60. The van der Waals surface area contributed by atoms with E-state index in [2.05, 4.69) is 11.1 Å². The van der Waals surface area contributed by atoms with Crippen molar-refractivity contribution in [1.29, 1.82) is 0 Å². The highest BCUT2D eigenvalue weighted by molar-refractivity contribution is 7.98. The van der Waals surface area contributed by atoms with Crippen molar-refractivity contribution in [2.24, 2.45) is 0 Å². The maximum Gasteiger partial charge on any atom is 0.226 e. The van der Waals surface area contributed by atoms with Crippen LogP contribution in [0.25, 0.3) is 0 Å². The Morgan fingerprint density at radius 3 is 2.83 bits per heavy atom. The quantitative estimate of drug-likeness (QED) is 0.764. The number of rotatable bonds is 7. The number of methoxy groups -OCH3 is 1. The van der Waals surface area contributed by atoms with Gasteiger partial charge in [-0.3, -0.25) is 4.98 Å². The molecule has 2 heterocycles. The average Bonchev–Trinajstić information content (AvgIpc) is 2.97. The van der Waals surface area contributed by atoms with Gasteiger partial charge in [0.2, 0.25) is 6.29 Å². The molecule has 0 saturated carbocycles. The lowest BCUT2D eigenvalue weighted by Crippen LogP contribution is -2.31.